The molecule has 1 aromatic heterocycles. The summed E-state index contributed by atoms with van der Waals surface area (Å²) in [5, 5.41) is 0. The molecule has 3 heteroatoms. The second kappa shape index (κ2) is 14.1. The number of unbranched alkanes of at least 4 members (excludes halogenated alkanes) is 6. The van der Waals surface area contributed by atoms with E-state index in [1.54, 1.807) is 0 Å². The zero-order valence-electron chi connectivity index (χ0n) is 18.8. The summed E-state index contributed by atoms with van der Waals surface area (Å²) in [5.41, 5.74) is 2.13. The largest absolute Gasteiger partial charge is 0.493 e. The molecule has 0 radical (unpaired) electrons. The van der Waals surface area contributed by atoms with Crippen molar-refractivity contribution in [2.24, 2.45) is 5.92 Å². The molecule has 160 valence electrons. The topological polar surface area (TPSA) is 35.0 Å². The maximum Gasteiger partial charge on any atom is 0.163 e. The number of rotatable bonds is 15. The summed E-state index contributed by atoms with van der Waals surface area (Å²) in [6.07, 6.45) is 15.6. The zero-order chi connectivity index (χ0) is 20.7. The van der Waals surface area contributed by atoms with Crippen LogP contribution < -0.4 is 4.74 Å². The van der Waals surface area contributed by atoms with Gasteiger partial charge < -0.3 is 4.74 Å². The minimum Gasteiger partial charge on any atom is -0.493 e. The van der Waals surface area contributed by atoms with Crippen molar-refractivity contribution >= 4 is 0 Å². The van der Waals surface area contributed by atoms with E-state index in [2.05, 4.69) is 31.8 Å². The molecule has 0 aliphatic heterocycles. The summed E-state index contributed by atoms with van der Waals surface area (Å²) in [5.74, 6) is 2.49. The number of hydrogen-bond donors (Lipinski definition) is 0. The molecule has 0 aliphatic carbocycles. The Morgan fingerprint density at radius 1 is 0.897 bits per heavy atom. The number of aryl methyl sites for hydroxylation is 1. The van der Waals surface area contributed by atoms with Crippen molar-refractivity contribution in [1.82, 2.24) is 9.97 Å². The Labute approximate surface area is 178 Å². The average molecular weight is 397 g/mol. The van der Waals surface area contributed by atoms with Gasteiger partial charge in [-0.05, 0) is 49.8 Å². The van der Waals surface area contributed by atoms with Crippen LogP contribution in [0.4, 0.5) is 0 Å². The molecule has 0 amide bonds. The monoisotopic (exact) mass is 396 g/mol. The van der Waals surface area contributed by atoms with Crippen molar-refractivity contribution in [2.45, 2.75) is 91.4 Å². The molecule has 0 fully saturated rings. The van der Waals surface area contributed by atoms with Gasteiger partial charge in [-0.2, -0.15) is 0 Å². The van der Waals surface area contributed by atoms with E-state index in [1.807, 2.05) is 30.5 Å². The number of aromatic nitrogens is 2. The molecule has 0 saturated carbocycles. The second-order valence-corrected chi connectivity index (χ2v) is 8.24. The standard InChI is InChI=1S/C26H40N2O/c1-4-6-7-8-9-10-16-23-19-20-27-26(28-23)24-17-11-12-18-25(24)29-21-14-13-15-22(3)5-2/h11-12,17-20,22H,4-10,13-16,21H2,1-3H3. The molecule has 0 spiro atoms. The number of benzene rings is 1. The van der Waals surface area contributed by atoms with Crippen molar-refractivity contribution in [2.75, 3.05) is 6.61 Å². The van der Waals surface area contributed by atoms with Crippen LogP contribution in [0.3, 0.4) is 0 Å². The third-order valence-electron chi connectivity index (χ3n) is 5.67. The van der Waals surface area contributed by atoms with Gasteiger partial charge in [0, 0.05) is 11.9 Å². The van der Waals surface area contributed by atoms with E-state index in [-0.39, 0.29) is 0 Å². The Morgan fingerprint density at radius 3 is 2.52 bits per heavy atom. The lowest BCUT2D eigenvalue weighted by Gasteiger charge is -2.12. The van der Waals surface area contributed by atoms with E-state index in [1.165, 1.54) is 57.8 Å². The quantitative estimate of drug-likeness (QED) is 0.290. The van der Waals surface area contributed by atoms with Crippen molar-refractivity contribution in [3.8, 4) is 17.1 Å². The molecule has 1 aromatic carbocycles. The number of para-hydroxylation sites is 1. The lowest BCUT2D eigenvalue weighted by molar-refractivity contribution is 0.300. The predicted molar refractivity (Wildman–Crippen MR) is 123 cm³/mol. The first-order valence-corrected chi connectivity index (χ1v) is 11.8. The summed E-state index contributed by atoms with van der Waals surface area (Å²) >= 11 is 0. The highest BCUT2D eigenvalue weighted by Gasteiger charge is 2.10. The van der Waals surface area contributed by atoms with Crippen LogP contribution in [0.2, 0.25) is 0 Å². The minimum absolute atomic E-state index is 0.755. The molecule has 29 heavy (non-hydrogen) atoms. The van der Waals surface area contributed by atoms with E-state index >= 15 is 0 Å². The molecular weight excluding hydrogens is 356 g/mol. The molecule has 0 bridgehead atoms. The molecule has 2 aromatic rings. The molecule has 0 N–H and O–H groups in total. The summed E-state index contributed by atoms with van der Waals surface area (Å²) in [6, 6.07) is 10.2. The maximum absolute atomic E-state index is 6.10. The lowest BCUT2D eigenvalue weighted by Crippen LogP contribution is -2.02. The van der Waals surface area contributed by atoms with Crippen LogP contribution in [0.25, 0.3) is 11.4 Å². The van der Waals surface area contributed by atoms with Gasteiger partial charge in [0.1, 0.15) is 5.75 Å². The van der Waals surface area contributed by atoms with Crippen molar-refractivity contribution in [3.63, 3.8) is 0 Å². The van der Waals surface area contributed by atoms with Gasteiger partial charge in [0.25, 0.3) is 0 Å². The van der Waals surface area contributed by atoms with Crippen LogP contribution in [0.15, 0.2) is 36.5 Å². The molecule has 1 heterocycles. The molecule has 1 atom stereocenters. The average Bonchev–Trinajstić information content (AvgIpc) is 2.76. The molecular formula is C26H40N2O. The summed E-state index contributed by atoms with van der Waals surface area (Å²) in [6.45, 7) is 7.60. The highest BCUT2D eigenvalue weighted by atomic mass is 16.5. The Kier molecular flexibility index (Phi) is 11.4. The van der Waals surface area contributed by atoms with Crippen molar-refractivity contribution < 1.29 is 4.74 Å². The molecule has 0 aliphatic rings. The zero-order valence-corrected chi connectivity index (χ0v) is 18.8. The predicted octanol–water partition coefficient (Wildman–Crippen LogP) is 7.64. The second-order valence-electron chi connectivity index (χ2n) is 8.24. The fourth-order valence-electron chi connectivity index (χ4n) is 3.51. The molecule has 0 saturated heterocycles. The maximum atomic E-state index is 6.10. The Morgan fingerprint density at radius 2 is 1.69 bits per heavy atom. The SMILES string of the molecule is CCCCCCCCc1ccnc(-c2ccccc2OCCCCC(C)CC)n1. The number of nitrogens with zero attached hydrogens (tertiary/aromatic N) is 2. The lowest BCUT2D eigenvalue weighted by atomic mass is 10.0. The van der Waals surface area contributed by atoms with E-state index in [4.69, 9.17) is 9.72 Å². The smallest absolute Gasteiger partial charge is 0.163 e. The molecule has 2 rings (SSSR count). The van der Waals surface area contributed by atoms with Crippen LogP contribution in [0.5, 0.6) is 5.75 Å². The van der Waals surface area contributed by atoms with E-state index in [0.717, 1.165) is 48.2 Å². The summed E-state index contributed by atoms with van der Waals surface area (Å²) < 4.78 is 6.10. The van der Waals surface area contributed by atoms with Crippen LogP contribution in [0, 0.1) is 5.92 Å². The van der Waals surface area contributed by atoms with Crippen molar-refractivity contribution in [1.29, 1.82) is 0 Å². The van der Waals surface area contributed by atoms with Gasteiger partial charge in [0.15, 0.2) is 5.82 Å². The van der Waals surface area contributed by atoms with Gasteiger partial charge in [-0.25, -0.2) is 9.97 Å². The van der Waals surface area contributed by atoms with Gasteiger partial charge in [-0.1, -0.05) is 77.8 Å². The molecule has 1 unspecified atom stereocenters. The fourth-order valence-corrected chi connectivity index (χ4v) is 3.51. The first kappa shape index (κ1) is 23.4. The van der Waals surface area contributed by atoms with E-state index in [0.29, 0.717) is 0 Å². The van der Waals surface area contributed by atoms with E-state index in [9.17, 15) is 0 Å². The third kappa shape index (κ3) is 8.97. The van der Waals surface area contributed by atoms with Gasteiger partial charge in [-0.15, -0.1) is 0 Å². The highest BCUT2D eigenvalue weighted by molar-refractivity contribution is 5.63. The van der Waals surface area contributed by atoms with Crippen LogP contribution >= 0.6 is 0 Å². The first-order valence-electron chi connectivity index (χ1n) is 11.8. The van der Waals surface area contributed by atoms with Crippen LogP contribution in [-0.4, -0.2) is 16.6 Å². The van der Waals surface area contributed by atoms with E-state index < -0.39 is 0 Å². The third-order valence-corrected chi connectivity index (χ3v) is 5.67. The molecule has 3 nitrogen and oxygen atoms in total. The Hall–Kier alpha value is -1.90. The van der Waals surface area contributed by atoms with Crippen molar-refractivity contribution in [3.05, 3.63) is 42.2 Å². The van der Waals surface area contributed by atoms with Gasteiger partial charge >= 0.3 is 0 Å². The normalized spacial score (nSPS) is 12.1. The number of ether oxygens (including phenoxy) is 1. The fraction of sp³-hybridized carbons (Fsp3) is 0.615. The Bertz CT molecular complexity index is 686. The Balaban J connectivity index is 1.88. The summed E-state index contributed by atoms with van der Waals surface area (Å²) in [7, 11) is 0. The first-order chi connectivity index (χ1) is 14.2. The van der Waals surface area contributed by atoms with Crippen LogP contribution in [0.1, 0.15) is 90.7 Å². The van der Waals surface area contributed by atoms with Gasteiger partial charge in [0.05, 0.1) is 12.2 Å². The van der Waals surface area contributed by atoms with Gasteiger partial charge in [0.2, 0.25) is 0 Å². The van der Waals surface area contributed by atoms with Gasteiger partial charge in [-0.3, -0.25) is 0 Å². The highest BCUT2D eigenvalue weighted by Crippen LogP contribution is 2.27. The van der Waals surface area contributed by atoms with Crippen LogP contribution in [-0.2, 0) is 6.42 Å². The minimum atomic E-state index is 0.755. The number of hydrogen-bond acceptors (Lipinski definition) is 3. The summed E-state index contributed by atoms with van der Waals surface area (Å²) in [4.78, 5) is 9.35.